The molecule has 3 amide bonds. The first-order chi connectivity index (χ1) is 11.0. The van der Waals surface area contributed by atoms with Crippen molar-refractivity contribution in [3.05, 3.63) is 21.9 Å². The smallest absolute Gasteiger partial charge is 0.324 e. The van der Waals surface area contributed by atoms with Gasteiger partial charge in [-0.3, -0.25) is 14.7 Å². The molecule has 134 valence electrons. The van der Waals surface area contributed by atoms with E-state index in [1.165, 1.54) is 14.7 Å². The summed E-state index contributed by atoms with van der Waals surface area (Å²) in [5, 5.41) is 8.94. The molecule has 3 N–H and O–H groups in total. The Morgan fingerprint density at radius 1 is 1.46 bits per heavy atom. The van der Waals surface area contributed by atoms with E-state index < -0.39 is 0 Å². The van der Waals surface area contributed by atoms with Crippen LogP contribution in [0.4, 0.5) is 4.79 Å². The minimum Gasteiger partial charge on any atom is -0.355 e. The van der Waals surface area contributed by atoms with Crippen molar-refractivity contribution in [3.8, 4) is 0 Å². The predicted octanol–water partition coefficient (Wildman–Crippen LogP) is 1.32. The van der Waals surface area contributed by atoms with Crippen LogP contribution in [-0.2, 0) is 11.2 Å². The number of aliphatic imine (C=N–C) groups is 1. The van der Waals surface area contributed by atoms with Gasteiger partial charge in [-0.2, -0.15) is 0 Å². The number of amides is 3. The van der Waals surface area contributed by atoms with Crippen LogP contribution in [0.15, 0.2) is 17.1 Å². The molecule has 0 saturated carbocycles. The Morgan fingerprint density at radius 3 is 2.75 bits per heavy atom. The molecule has 7 nitrogen and oxygen atoms in total. The average Bonchev–Trinajstić information content (AvgIpc) is 3.05. The number of imide groups is 1. The SMILES string of the molecule is CN=C(NCCN1C(=O)CNC1=O)NC(C)Cc1ccc(C)s1.I. The van der Waals surface area contributed by atoms with Crippen molar-refractivity contribution in [2.24, 2.45) is 4.99 Å². The Labute approximate surface area is 163 Å². The van der Waals surface area contributed by atoms with Gasteiger partial charge >= 0.3 is 6.03 Å². The quantitative estimate of drug-likeness (QED) is 0.256. The molecular formula is C15H24IN5O2S. The molecule has 0 radical (unpaired) electrons. The highest BCUT2D eigenvalue weighted by atomic mass is 127. The summed E-state index contributed by atoms with van der Waals surface area (Å²) in [5.74, 6) is 0.471. The van der Waals surface area contributed by atoms with Gasteiger partial charge in [0.1, 0.15) is 0 Å². The van der Waals surface area contributed by atoms with Crippen LogP contribution >= 0.6 is 35.3 Å². The van der Waals surface area contributed by atoms with Crippen LogP contribution in [0, 0.1) is 6.92 Å². The van der Waals surface area contributed by atoms with Gasteiger partial charge in [-0.05, 0) is 26.0 Å². The standard InChI is InChI=1S/C15H23N5O2S.HI/c1-10(8-12-5-4-11(2)23-12)19-14(16-3)17-6-7-20-13(21)9-18-15(20)22;/h4-5,10H,6-9H2,1-3H3,(H,18,22)(H2,16,17,19);1H. The van der Waals surface area contributed by atoms with Crippen LogP contribution in [0.5, 0.6) is 0 Å². The minimum atomic E-state index is -0.332. The van der Waals surface area contributed by atoms with E-state index in [0.717, 1.165) is 6.42 Å². The Bertz CT molecular complexity index is 588. The molecule has 2 rings (SSSR count). The first-order valence-corrected chi connectivity index (χ1v) is 8.42. The van der Waals surface area contributed by atoms with E-state index in [0.29, 0.717) is 19.0 Å². The van der Waals surface area contributed by atoms with Crippen LogP contribution in [0.3, 0.4) is 0 Å². The van der Waals surface area contributed by atoms with E-state index >= 15 is 0 Å². The third kappa shape index (κ3) is 5.93. The van der Waals surface area contributed by atoms with E-state index in [-0.39, 0.29) is 48.5 Å². The molecule has 2 heterocycles. The zero-order chi connectivity index (χ0) is 16.8. The zero-order valence-corrected chi connectivity index (χ0v) is 17.2. The van der Waals surface area contributed by atoms with Crippen molar-refractivity contribution in [3.63, 3.8) is 0 Å². The van der Waals surface area contributed by atoms with Crippen molar-refractivity contribution in [2.45, 2.75) is 26.3 Å². The molecule has 0 aliphatic carbocycles. The molecular weight excluding hydrogens is 441 g/mol. The number of guanidine groups is 1. The van der Waals surface area contributed by atoms with Gasteiger partial charge in [0, 0.05) is 42.4 Å². The largest absolute Gasteiger partial charge is 0.355 e. The molecule has 24 heavy (non-hydrogen) atoms. The van der Waals surface area contributed by atoms with Crippen molar-refractivity contribution < 1.29 is 9.59 Å². The number of halogens is 1. The maximum atomic E-state index is 11.5. The van der Waals surface area contributed by atoms with Gasteiger partial charge in [-0.15, -0.1) is 35.3 Å². The van der Waals surface area contributed by atoms with Crippen LogP contribution < -0.4 is 16.0 Å². The molecule has 0 bridgehead atoms. The van der Waals surface area contributed by atoms with E-state index in [4.69, 9.17) is 0 Å². The number of nitrogens with one attached hydrogen (secondary N) is 3. The van der Waals surface area contributed by atoms with Gasteiger partial charge in [0.15, 0.2) is 5.96 Å². The Balaban J connectivity index is 0.00000288. The normalized spacial score (nSPS) is 15.8. The summed E-state index contributed by atoms with van der Waals surface area (Å²) >= 11 is 1.80. The third-order valence-electron chi connectivity index (χ3n) is 3.48. The van der Waals surface area contributed by atoms with Gasteiger partial charge < -0.3 is 16.0 Å². The fourth-order valence-electron chi connectivity index (χ4n) is 2.34. The van der Waals surface area contributed by atoms with Crippen LogP contribution in [0.2, 0.25) is 0 Å². The van der Waals surface area contributed by atoms with Gasteiger partial charge in [0.2, 0.25) is 5.91 Å². The van der Waals surface area contributed by atoms with Crippen molar-refractivity contribution in [1.82, 2.24) is 20.9 Å². The number of aryl methyl sites for hydroxylation is 1. The van der Waals surface area contributed by atoms with Crippen LogP contribution in [0.1, 0.15) is 16.7 Å². The second-order valence-electron chi connectivity index (χ2n) is 5.46. The van der Waals surface area contributed by atoms with E-state index in [1.807, 2.05) is 0 Å². The number of thiophene rings is 1. The lowest BCUT2D eigenvalue weighted by Gasteiger charge is -2.19. The first-order valence-electron chi connectivity index (χ1n) is 7.60. The Morgan fingerprint density at radius 2 is 2.21 bits per heavy atom. The summed E-state index contributed by atoms with van der Waals surface area (Å²) < 4.78 is 0. The molecule has 1 saturated heterocycles. The van der Waals surface area contributed by atoms with Crippen molar-refractivity contribution >= 4 is 53.2 Å². The Hall–Kier alpha value is -1.36. The number of carbonyl (C=O) groups is 2. The fourth-order valence-corrected chi connectivity index (χ4v) is 3.36. The highest BCUT2D eigenvalue weighted by molar-refractivity contribution is 14.0. The summed E-state index contributed by atoms with van der Waals surface area (Å²) in [6.07, 6.45) is 0.923. The van der Waals surface area contributed by atoms with Crippen molar-refractivity contribution in [1.29, 1.82) is 0 Å². The number of nitrogens with zero attached hydrogens (tertiary/aromatic N) is 2. The lowest BCUT2D eigenvalue weighted by Crippen LogP contribution is -2.46. The monoisotopic (exact) mass is 465 g/mol. The number of urea groups is 1. The maximum absolute atomic E-state index is 11.5. The number of hydrogen-bond donors (Lipinski definition) is 3. The molecule has 1 aromatic heterocycles. The van der Waals surface area contributed by atoms with Crippen molar-refractivity contribution in [2.75, 3.05) is 26.7 Å². The lowest BCUT2D eigenvalue weighted by molar-refractivity contribution is -0.124. The van der Waals surface area contributed by atoms with Gasteiger partial charge in [0.25, 0.3) is 0 Å². The minimum absolute atomic E-state index is 0. The molecule has 0 spiro atoms. The molecule has 0 aromatic carbocycles. The highest BCUT2D eigenvalue weighted by Gasteiger charge is 2.27. The molecule has 1 atom stereocenters. The molecule has 9 heteroatoms. The average molecular weight is 465 g/mol. The number of rotatable bonds is 6. The van der Waals surface area contributed by atoms with Crippen LogP contribution in [0.25, 0.3) is 0 Å². The van der Waals surface area contributed by atoms with Gasteiger partial charge in [-0.1, -0.05) is 0 Å². The second kappa shape index (κ2) is 9.82. The summed E-state index contributed by atoms with van der Waals surface area (Å²) in [5.41, 5.74) is 0. The zero-order valence-electron chi connectivity index (χ0n) is 14.1. The van der Waals surface area contributed by atoms with Gasteiger partial charge in [-0.25, -0.2) is 4.79 Å². The topological polar surface area (TPSA) is 85.8 Å². The summed E-state index contributed by atoms with van der Waals surface area (Å²) in [6.45, 7) is 5.07. The first kappa shape index (κ1) is 20.7. The highest BCUT2D eigenvalue weighted by Crippen LogP contribution is 2.16. The third-order valence-corrected chi connectivity index (χ3v) is 4.50. The number of carbonyl (C=O) groups excluding carboxylic acids is 2. The predicted molar refractivity (Wildman–Crippen MR) is 107 cm³/mol. The lowest BCUT2D eigenvalue weighted by atomic mass is 10.2. The number of hydrogen-bond acceptors (Lipinski definition) is 4. The molecule has 1 aliphatic rings. The van der Waals surface area contributed by atoms with E-state index in [9.17, 15) is 9.59 Å². The van der Waals surface area contributed by atoms with Crippen LogP contribution in [-0.4, -0.2) is 55.5 Å². The van der Waals surface area contributed by atoms with E-state index in [1.54, 1.807) is 18.4 Å². The molecule has 1 aromatic rings. The van der Waals surface area contributed by atoms with Gasteiger partial charge in [0.05, 0.1) is 6.54 Å². The maximum Gasteiger partial charge on any atom is 0.324 e. The molecule has 1 unspecified atom stereocenters. The Kier molecular flexibility index (Phi) is 8.46. The summed E-state index contributed by atoms with van der Waals surface area (Å²) in [6, 6.07) is 4.17. The summed E-state index contributed by atoms with van der Waals surface area (Å²) in [7, 11) is 1.70. The molecule has 1 aliphatic heterocycles. The van der Waals surface area contributed by atoms with E-state index in [2.05, 4.69) is 46.9 Å². The summed E-state index contributed by atoms with van der Waals surface area (Å²) in [4.78, 5) is 30.9. The molecule has 1 fully saturated rings. The fraction of sp³-hybridized carbons (Fsp3) is 0.533. The second-order valence-corrected chi connectivity index (χ2v) is 6.84.